The van der Waals surface area contributed by atoms with Gasteiger partial charge in [-0.1, -0.05) is 40.7 Å². The van der Waals surface area contributed by atoms with Crippen molar-refractivity contribution in [3.8, 4) is 11.8 Å². The Morgan fingerprint density at radius 2 is 2.04 bits per heavy atom. The number of nitrogens with one attached hydrogen (secondary N) is 1. The number of carbonyl (C=O) groups excluding carboxylic acids is 1. The highest BCUT2D eigenvalue weighted by atomic mass is 79.9. The summed E-state index contributed by atoms with van der Waals surface area (Å²) >= 11 is 3.34. The predicted octanol–water partition coefficient (Wildman–Crippen LogP) is 4.26. The van der Waals surface area contributed by atoms with Gasteiger partial charge >= 0.3 is 5.97 Å². The fourth-order valence-corrected chi connectivity index (χ4v) is 2.56. The molecule has 27 heavy (non-hydrogen) atoms. The van der Waals surface area contributed by atoms with E-state index in [1.807, 2.05) is 6.07 Å². The number of amides is 1. The Kier molecular flexibility index (Phi) is 6.92. The molecule has 0 aliphatic carbocycles. The Balaban J connectivity index is 2.36. The molecule has 0 aliphatic heterocycles. The summed E-state index contributed by atoms with van der Waals surface area (Å²) in [6, 6.07) is 13.0. The van der Waals surface area contributed by atoms with Crippen LogP contribution in [0.15, 0.2) is 65.2 Å². The Morgan fingerprint density at radius 1 is 1.30 bits per heavy atom. The molecule has 2 rings (SSSR count). The third-order valence-corrected chi connectivity index (χ3v) is 3.89. The van der Waals surface area contributed by atoms with Gasteiger partial charge in [0, 0.05) is 10.0 Å². The maximum absolute atomic E-state index is 12.5. The number of carboxylic acid groups (broad SMARTS) is 1. The van der Waals surface area contributed by atoms with Crippen LogP contribution in [0.1, 0.15) is 15.9 Å². The minimum atomic E-state index is -1.18. The third kappa shape index (κ3) is 5.30. The molecule has 2 aromatic carbocycles. The standard InChI is InChI=1S/C20H15BrN2O4/c1-2-9-27-18-8-7-15(21)11-13(18)10-14(12-22)19(24)23-17-6-4-3-5-16(17)20(25)26/h2-8,10-11H,1,9H2,(H,23,24)(H,25,26)/b14-10+. The Hall–Kier alpha value is -3.37. The van der Waals surface area contributed by atoms with Gasteiger partial charge in [-0.2, -0.15) is 5.26 Å². The van der Waals surface area contributed by atoms with Crippen LogP contribution in [0.25, 0.3) is 6.08 Å². The number of ether oxygens (including phenoxy) is 1. The number of rotatable bonds is 7. The van der Waals surface area contributed by atoms with Gasteiger partial charge in [0.15, 0.2) is 0 Å². The molecule has 0 heterocycles. The topological polar surface area (TPSA) is 99.4 Å². The summed E-state index contributed by atoms with van der Waals surface area (Å²) in [5.41, 5.74) is 0.357. The van der Waals surface area contributed by atoms with Crippen molar-refractivity contribution < 1.29 is 19.4 Å². The average molecular weight is 427 g/mol. The Morgan fingerprint density at radius 3 is 2.70 bits per heavy atom. The van der Waals surface area contributed by atoms with E-state index in [0.717, 1.165) is 4.47 Å². The zero-order valence-electron chi connectivity index (χ0n) is 14.1. The number of hydrogen-bond acceptors (Lipinski definition) is 4. The highest BCUT2D eigenvalue weighted by Crippen LogP contribution is 2.26. The third-order valence-electron chi connectivity index (χ3n) is 3.40. The van der Waals surface area contributed by atoms with Crippen LogP contribution in [0.4, 0.5) is 5.69 Å². The fourth-order valence-electron chi connectivity index (χ4n) is 2.18. The molecule has 6 nitrogen and oxygen atoms in total. The van der Waals surface area contributed by atoms with Gasteiger partial charge in [0.05, 0.1) is 11.3 Å². The molecular formula is C20H15BrN2O4. The highest BCUT2D eigenvalue weighted by Gasteiger charge is 2.15. The van der Waals surface area contributed by atoms with E-state index in [9.17, 15) is 20.0 Å². The molecular weight excluding hydrogens is 412 g/mol. The molecule has 2 N–H and O–H groups in total. The van der Waals surface area contributed by atoms with Crippen molar-refractivity contribution in [3.63, 3.8) is 0 Å². The van der Waals surface area contributed by atoms with Crippen LogP contribution < -0.4 is 10.1 Å². The van der Waals surface area contributed by atoms with Crippen molar-refractivity contribution in [3.05, 3.63) is 76.3 Å². The van der Waals surface area contributed by atoms with Gasteiger partial charge in [0.2, 0.25) is 0 Å². The second kappa shape index (κ2) is 9.36. The number of para-hydroxylation sites is 1. The van der Waals surface area contributed by atoms with Gasteiger partial charge in [0.25, 0.3) is 5.91 Å². The summed E-state index contributed by atoms with van der Waals surface area (Å²) in [6.45, 7) is 3.85. The van der Waals surface area contributed by atoms with E-state index in [2.05, 4.69) is 27.8 Å². The van der Waals surface area contributed by atoms with Crippen molar-refractivity contribution in [1.29, 1.82) is 5.26 Å². The number of benzene rings is 2. The number of hydrogen-bond donors (Lipinski definition) is 2. The van der Waals surface area contributed by atoms with Crippen LogP contribution in [-0.2, 0) is 4.79 Å². The highest BCUT2D eigenvalue weighted by molar-refractivity contribution is 9.10. The Labute approximate surface area is 164 Å². The van der Waals surface area contributed by atoms with Crippen molar-refractivity contribution in [2.24, 2.45) is 0 Å². The number of nitriles is 1. The number of nitrogens with zero attached hydrogens (tertiary/aromatic N) is 1. The van der Waals surface area contributed by atoms with E-state index in [0.29, 0.717) is 11.3 Å². The van der Waals surface area contributed by atoms with Gasteiger partial charge in [0.1, 0.15) is 24.0 Å². The summed E-state index contributed by atoms with van der Waals surface area (Å²) in [5.74, 6) is -1.43. The van der Waals surface area contributed by atoms with E-state index in [1.165, 1.54) is 18.2 Å². The minimum absolute atomic E-state index is 0.0689. The van der Waals surface area contributed by atoms with Crippen molar-refractivity contribution in [2.45, 2.75) is 0 Å². The normalized spacial score (nSPS) is 10.6. The van der Waals surface area contributed by atoms with Gasteiger partial charge in [-0.15, -0.1) is 0 Å². The predicted molar refractivity (Wildman–Crippen MR) is 105 cm³/mol. The van der Waals surface area contributed by atoms with E-state index in [4.69, 9.17) is 4.74 Å². The molecule has 0 atom stereocenters. The SMILES string of the molecule is C=CCOc1ccc(Br)cc1/C=C(\C#N)C(=O)Nc1ccccc1C(=O)O. The first-order valence-electron chi connectivity index (χ1n) is 7.75. The lowest BCUT2D eigenvalue weighted by Crippen LogP contribution is -2.16. The minimum Gasteiger partial charge on any atom is -0.489 e. The smallest absolute Gasteiger partial charge is 0.337 e. The lowest BCUT2D eigenvalue weighted by Gasteiger charge is -2.10. The number of aromatic carboxylic acids is 1. The monoisotopic (exact) mass is 426 g/mol. The molecule has 0 spiro atoms. The summed E-state index contributed by atoms with van der Waals surface area (Å²) in [6.07, 6.45) is 2.96. The molecule has 0 bridgehead atoms. The molecule has 0 saturated heterocycles. The van der Waals surface area contributed by atoms with Gasteiger partial charge in [-0.25, -0.2) is 4.79 Å². The Bertz CT molecular complexity index is 961. The molecule has 0 fully saturated rings. The van der Waals surface area contributed by atoms with E-state index in [-0.39, 0.29) is 23.4 Å². The molecule has 0 unspecified atom stereocenters. The molecule has 2 aromatic rings. The molecule has 0 aliphatic rings. The summed E-state index contributed by atoms with van der Waals surface area (Å²) < 4.78 is 6.28. The van der Waals surface area contributed by atoms with Crippen molar-refractivity contribution in [1.82, 2.24) is 0 Å². The first-order valence-corrected chi connectivity index (χ1v) is 8.54. The molecule has 7 heteroatoms. The summed E-state index contributed by atoms with van der Waals surface area (Å²) in [5, 5.41) is 21.0. The molecule has 1 amide bonds. The second-order valence-electron chi connectivity index (χ2n) is 5.26. The van der Waals surface area contributed by atoms with Crippen LogP contribution in [0, 0.1) is 11.3 Å². The zero-order valence-corrected chi connectivity index (χ0v) is 15.7. The van der Waals surface area contributed by atoms with E-state index >= 15 is 0 Å². The second-order valence-corrected chi connectivity index (χ2v) is 6.17. The quantitative estimate of drug-likeness (QED) is 0.391. The molecule has 0 aromatic heterocycles. The molecule has 0 radical (unpaired) electrons. The van der Waals surface area contributed by atoms with Gasteiger partial charge < -0.3 is 15.2 Å². The van der Waals surface area contributed by atoms with Gasteiger partial charge in [-0.3, -0.25) is 4.79 Å². The summed E-state index contributed by atoms with van der Waals surface area (Å²) in [7, 11) is 0. The number of carboxylic acids is 1. The van der Waals surface area contributed by atoms with Gasteiger partial charge in [-0.05, 0) is 36.4 Å². The lowest BCUT2D eigenvalue weighted by molar-refractivity contribution is -0.112. The summed E-state index contributed by atoms with van der Waals surface area (Å²) in [4.78, 5) is 23.7. The largest absolute Gasteiger partial charge is 0.489 e. The number of halogens is 1. The van der Waals surface area contributed by atoms with Crippen LogP contribution in [0.3, 0.4) is 0 Å². The van der Waals surface area contributed by atoms with E-state index in [1.54, 1.807) is 36.4 Å². The lowest BCUT2D eigenvalue weighted by atomic mass is 10.1. The molecule has 136 valence electrons. The molecule has 0 saturated carbocycles. The maximum Gasteiger partial charge on any atom is 0.337 e. The number of carbonyl (C=O) groups is 2. The van der Waals surface area contributed by atoms with Crippen molar-refractivity contribution in [2.75, 3.05) is 11.9 Å². The van der Waals surface area contributed by atoms with Crippen LogP contribution in [-0.4, -0.2) is 23.6 Å². The van der Waals surface area contributed by atoms with Crippen LogP contribution in [0.5, 0.6) is 5.75 Å². The zero-order chi connectivity index (χ0) is 19.8. The first kappa shape index (κ1) is 19.9. The average Bonchev–Trinajstić information content (AvgIpc) is 2.65. The first-order chi connectivity index (χ1) is 13.0. The van der Waals surface area contributed by atoms with Crippen molar-refractivity contribution >= 4 is 39.6 Å². The van der Waals surface area contributed by atoms with E-state index < -0.39 is 11.9 Å². The number of anilines is 1. The van der Waals surface area contributed by atoms with Crippen LogP contribution in [0.2, 0.25) is 0 Å². The fraction of sp³-hybridized carbons (Fsp3) is 0.0500. The van der Waals surface area contributed by atoms with Crippen LogP contribution >= 0.6 is 15.9 Å². The maximum atomic E-state index is 12.5.